The summed E-state index contributed by atoms with van der Waals surface area (Å²) < 4.78 is 1.92. The second kappa shape index (κ2) is 6.86. The van der Waals surface area contributed by atoms with Crippen LogP contribution in [0.25, 0.3) is 11.3 Å². The predicted octanol–water partition coefficient (Wildman–Crippen LogP) is 3.47. The molecule has 5 heteroatoms. The Morgan fingerprint density at radius 2 is 2.00 bits per heavy atom. The number of aromatic nitrogens is 3. The van der Waals surface area contributed by atoms with E-state index in [0.29, 0.717) is 12.2 Å². The summed E-state index contributed by atoms with van der Waals surface area (Å²) in [6.45, 7) is 2.72. The van der Waals surface area contributed by atoms with Crippen molar-refractivity contribution in [1.82, 2.24) is 14.8 Å². The fraction of sp³-hybridized carbons (Fsp3) is 0.167. The van der Waals surface area contributed by atoms with E-state index in [1.54, 1.807) is 6.20 Å². The molecule has 0 atom stereocenters. The number of benzene rings is 1. The monoisotopic (exact) mass is 323 g/mol. The second-order valence-corrected chi connectivity index (χ2v) is 5.96. The average Bonchev–Trinajstić information content (AvgIpc) is 2.57. The normalized spacial score (nSPS) is 10.7. The topological polar surface area (TPSA) is 50.9 Å². The molecule has 0 aliphatic heterocycles. The fourth-order valence-corrected chi connectivity index (χ4v) is 2.60. The number of hydrogen-bond donors (Lipinski definition) is 1. The zero-order valence-electron chi connectivity index (χ0n) is 12.9. The molecule has 1 aromatic carbocycles. The van der Waals surface area contributed by atoms with Gasteiger partial charge in [-0.1, -0.05) is 38.7 Å². The molecule has 0 amide bonds. The van der Waals surface area contributed by atoms with Gasteiger partial charge in [0.05, 0.1) is 29.6 Å². The van der Waals surface area contributed by atoms with E-state index in [1.165, 1.54) is 11.1 Å². The highest BCUT2D eigenvalue weighted by Gasteiger charge is 2.04. The minimum atomic E-state index is -0.0544. The van der Waals surface area contributed by atoms with Gasteiger partial charge in [-0.3, -0.25) is 9.67 Å². The van der Waals surface area contributed by atoms with Crippen molar-refractivity contribution in [2.75, 3.05) is 0 Å². The first-order valence-corrected chi connectivity index (χ1v) is 7.90. The molecule has 0 bridgehead atoms. The summed E-state index contributed by atoms with van der Waals surface area (Å²) in [5.74, 6) is 0. The highest BCUT2D eigenvalue weighted by Crippen LogP contribution is 2.16. The molecular weight excluding hydrogens is 305 g/mol. The molecule has 0 spiro atoms. The van der Waals surface area contributed by atoms with E-state index in [2.05, 4.69) is 50.1 Å². The van der Waals surface area contributed by atoms with Gasteiger partial charge in [0.1, 0.15) is 0 Å². The Morgan fingerprint density at radius 3 is 2.70 bits per heavy atom. The minimum absolute atomic E-state index is 0.0544. The molecule has 2 aromatic heterocycles. The molecular formula is C18H18N3OP. The number of aliphatic hydroxyl groups excluding tert-OH is 1. The fourth-order valence-electron chi connectivity index (χ4n) is 2.39. The zero-order chi connectivity index (χ0) is 16.2. The van der Waals surface area contributed by atoms with Crippen molar-refractivity contribution in [2.24, 2.45) is 0 Å². The van der Waals surface area contributed by atoms with Gasteiger partial charge in [-0.05, 0) is 36.8 Å². The van der Waals surface area contributed by atoms with Gasteiger partial charge < -0.3 is 5.11 Å². The predicted molar refractivity (Wildman–Crippen MR) is 93.2 cm³/mol. The summed E-state index contributed by atoms with van der Waals surface area (Å²) in [6.07, 6.45) is 1.73. The van der Waals surface area contributed by atoms with Crippen molar-refractivity contribution >= 4 is 8.86 Å². The smallest absolute Gasteiger partial charge is 0.0924 e. The first-order chi connectivity index (χ1) is 11.2. The quantitative estimate of drug-likeness (QED) is 0.748. The molecule has 116 valence electrons. The summed E-state index contributed by atoms with van der Waals surface area (Å²) in [4.78, 5) is 4.21. The molecule has 0 radical (unpaired) electrons. The number of aliphatic hydroxyl groups is 1. The third kappa shape index (κ3) is 3.73. The molecule has 0 saturated carbocycles. The van der Waals surface area contributed by atoms with Crippen LogP contribution in [0.15, 0.2) is 54.7 Å². The maximum absolute atomic E-state index is 9.08. The molecule has 0 saturated heterocycles. The van der Waals surface area contributed by atoms with Gasteiger partial charge in [0, 0.05) is 11.8 Å². The molecule has 2 heterocycles. The van der Waals surface area contributed by atoms with Crippen molar-refractivity contribution in [3.63, 3.8) is 0 Å². The summed E-state index contributed by atoms with van der Waals surface area (Å²) >= 11 is 0. The van der Waals surface area contributed by atoms with Gasteiger partial charge in [-0.15, -0.1) is 0 Å². The number of aryl methyl sites for hydroxylation is 1. The Kier molecular flexibility index (Phi) is 4.65. The van der Waals surface area contributed by atoms with Gasteiger partial charge >= 0.3 is 0 Å². The van der Waals surface area contributed by atoms with Crippen molar-refractivity contribution in [2.45, 2.75) is 20.1 Å². The summed E-state index contributed by atoms with van der Waals surface area (Å²) in [5, 5.41) is 14.7. The van der Waals surface area contributed by atoms with Crippen LogP contribution in [0.1, 0.15) is 16.8 Å². The third-order valence-electron chi connectivity index (χ3n) is 3.60. The Bertz CT molecular complexity index is 872. The van der Waals surface area contributed by atoms with Gasteiger partial charge in [-0.25, -0.2) is 0 Å². The summed E-state index contributed by atoms with van der Waals surface area (Å²) in [7, 11) is 3.61. The molecule has 0 unspecified atom stereocenters. The standard InChI is InChI=1S/C18H18N3OP/c1-13-3-2-4-14(9-13)11-21-18(23)8-7-17(20-21)15-5-6-16(12-22)19-10-15/h2-10,22-23H,11-12H2,1H3. The lowest BCUT2D eigenvalue weighted by atomic mass is 10.1. The second-order valence-electron chi connectivity index (χ2n) is 5.45. The molecule has 3 aromatic rings. The van der Waals surface area contributed by atoms with Gasteiger partial charge in [0.15, 0.2) is 0 Å². The van der Waals surface area contributed by atoms with Crippen LogP contribution in [0, 0.1) is 12.0 Å². The molecule has 0 aliphatic carbocycles. The van der Waals surface area contributed by atoms with Crippen molar-refractivity contribution < 1.29 is 5.11 Å². The number of rotatable bonds is 4. The summed E-state index contributed by atoms with van der Waals surface area (Å²) in [6, 6.07) is 16.1. The van der Waals surface area contributed by atoms with Gasteiger partial charge in [-0.2, -0.15) is 5.10 Å². The lowest BCUT2D eigenvalue weighted by Gasteiger charge is -2.10. The largest absolute Gasteiger partial charge is 0.390 e. The Labute approximate surface area is 137 Å². The number of hydrogen-bond acceptors (Lipinski definition) is 3. The number of pyridine rings is 1. The molecule has 4 nitrogen and oxygen atoms in total. The van der Waals surface area contributed by atoms with Crippen molar-refractivity contribution in [1.29, 1.82) is 0 Å². The Morgan fingerprint density at radius 1 is 1.13 bits per heavy atom. The van der Waals surface area contributed by atoms with E-state index in [0.717, 1.165) is 16.3 Å². The zero-order valence-corrected chi connectivity index (χ0v) is 13.9. The molecule has 1 N–H and O–H groups in total. The van der Waals surface area contributed by atoms with E-state index in [1.807, 2.05) is 28.9 Å². The first kappa shape index (κ1) is 15.6. The molecule has 0 aliphatic rings. The van der Waals surface area contributed by atoms with Crippen molar-refractivity contribution in [3.05, 3.63) is 76.6 Å². The first-order valence-electron chi connectivity index (χ1n) is 7.40. The van der Waals surface area contributed by atoms with Gasteiger partial charge in [0.2, 0.25) is 0 Å². The van der Waals surface area contributed by atoms with Crippen LogP contribution in [-0.2, 0) is 13.2 Å². The molecule has 3 rings (SSSR count). The third-order valence-corrected chi connectivity index (χ3v) is 4.03. The van der Waals surface area contributed by atoms with Crippen molar-refractivity contribution in [3.8, 4) is 11.3 Å². The van der Waals surface area contributed by atoms with Crippen LogP contribution in [0.5, 0.6) is 0 Å². The minimum Gasteiger partial charge on any atom is -0.390 e. The van der Waals surface area contributed by atoms with E-state index >= 15 is 0 Å². The molecule has 0 fully saturated rings. The van der Waals surface area contributed by atoms with Crippen LogP contribution in [0.3, 0.4) is 0 Å². The van der Waals surface area contributed by atoms with Crippen LogP contribution in [0.4, 0.5) is 0 Å². The Hall–Kier alpha value is -2.29. The Balaban J connectivity index is 1.93. The SMILES string of the molecule is Cc1cccc(Cn2nc(-c3ccc(CO)nc3)ccc2=P)c1. The van der Waals surface area contributed by atoms with E-state index < -0.39 is 0 Å². The van der Waals surface area contributed by atoms with Gasteiger partial charge in [0.25, 0.3) is 0 Å². The molecule has 23 heavy (non-hydrogen) atoms. The van der Waals surface area contributed by atoms with E-state index in [9.17, 15) is 0 Å². The average molecular weight is 323 g/mol. The maximum atomic E-state index is 9.08. The van der Waals surface area contributed by atoms with Crippen LogP contribution in [0.2, 0.25) is 0 Å². The maximum Gasteiger partial charge on any atom is 0.0924 e. The lowest BCUT2D eigenvalue weighted by molar-refractivity contribution is 0.277. The van der Waals surface area contributed by atoms with E-state index in [-0.39, 0.29) is 6.61 Å². The van der Waals surface area contributed by atoms with Crippen LogP contribution < -0.4 is 0 Å². The highest BCUT2D eigenvalue weighted by molar-refractivity contribution is 7.06. The van der Waals surface area contributed by atoms with Crippen LogP contribution >= 0.6 is 8.86 Å². The lowest BCUT2D eigenvalue weighted by Crippen LogP contribution is -2.07. The number of nitrogens with zero attached hydrogens (tertiary/aromatic N) is 3. The van der Waals surface area contributed by atoms with E-state index in [4.69, 9.17) is 5.11 Å². The highest BCUT2D eigenvalue weighted by atomic mass is 31.0. The summed E-state index contributed by atoms with van der Waals surface area (Å²) in [5.41, 5.74) is 4.85. The van der Waals surface area contributed by atoms with Crippen LogP contribution in [-0.4, -0.2) is 19.9 Å².